The van der Waals surface area contributed by atoms with Gasteiger partial charge in [-0.05, 0) is 37.2 Å². The van der Waals surface area contributed by atoms with Crippen molar-refractivity contribution in [3.05, 3.63) is 28.7 Å². The van der Waals surface area contributed by atoms with Crippen LogP contribution >= 0.6 is 15.9 Å². The highest BCUT2D eigenvalue weighted by Gasteiger charge is 2.16. The Hall–Kier alpha value is -1.60. The summed E-state index contributed by atoms with van der Waals surface area (Å²) in [5.41, 5.74) is 0.706. The van der Waals surface area contributed by atoms with Crippen molar-refractivity contribution in [3.63, 3.8) is 0 Å². The number of hydrogen-bond acceptors (Lipinski definition) is 3. The van der Waals surface area contributed by atoms with Gasteiger partial charge in [-0.1, -0.05) is 15.9 Å². The molecule has 6 nitrogen and oxygen atoms in total. The third-order valence-corrected chi connectivity index (χ3v) is 3.69. The number of amides is 3. The Labute approximate surface area is 132 Å². The van der Waals surface area contributed by atoms with Gasteiger partial charge in [-0.2, -0.15) is 0 Å². The molecule has 21 heavy (non-hydrogen) atoms. The Morgan fingerprint density at radius 3 is 2.71 bits per heavy atom. The Morgan fingerprint density at radius 2 is 2.05 bits per heavy atom. The minimum absolute atomic E-state index is 0.0346. The molecule has 1 aromatic rings. The fourth-order valence-corrected chi connectivity index (χ4v) is 2.34. The van der Waals surface area contributed by atoms with Gasteiger partial charge in [0.15, 0.2) is 0 Å². The van der Waals surface area contributed by atoms with Gasteiger partial charge >= 0.3 is 6.03 Å². The summed E-state index contributed by atoms with van der Waals surface area (Å²) >= 11 is 3.33. The predicted octanol–water partition coefficient (Wildman–Crippen LogP) is 1.44. The van der Waals surface area contributed by atoms with Crippen LogP contribution < -0.4 is 21.3 Å². The second-order valence-corrected chi connectivity index (χ2v) is 5.81. The van der Waals surface area contributed by atoms with Crippen LogP contribution in [-0.4, -0.2) is 37.6 Å². The molecule has 0 aromatic heterocycles. The first-order valence-electron chi connectivity index (χ1n) is 6.94. The van der Waals surface area contributed by atoms with Crippen molar-refractivity contribution in [3.8, 4) is 0 Å². The highest BCUT2D eigenvalue weighted by Crippen LogP contribution is 2.13. The van der Waals surface area contributed by atoms with Crippen molar-refractivity contribution >= 4 is 33.6 Å². The predicted molar refractivity (Wildman–Crippen MR) is 85.2 cm³/mol. The van der Waals surface area contributed by atoms with Gasteiger partial charge in [0, 0.05) is 35.7 Å². The molecule has 2 rings (SSSR count). The molecule has 0 aliphatic carbocycles. The smallest absolute Gasteiger partial charge is 0.319 e. The molecule has 1 aliphatic rings. The van der Waals surface area contributed by atoms with Gasteiger partial charge in [0.2, 0.25) is 5.91 Å². The molecule has 0 spiro atoms. The van der Waals surface area contributed by atoms with Crippen molar-refractivity contribution in [2.24, 2.45) is 0 Å². The van der Waals surface area contributed by atoms with Crippen LogP contribution in [0, 0.1) is 0 Å². The van der Waals surface area contributed by atoms with E-state index in [1.165, 1.54) is 0 Å². The van der Waals surface area contributed by atoms with Crippen LogP contribution in [0.2, 0.25) is 0 Å². The zero-order chi connectivity index (χ0) is 15.1. The summed E-state index contributed by atoms with van der Waals surface area (Å²) < 4.78 is 0.950. The van der Waals surface area contributed by atoms with Crippen LogP contribution in [-0.2, 0) is 4.79 Å². The van der Waals surface area contributed by atoms with Crippen molar-refractivity contribution in [2.45, 2.75) is 18.9 Å². The van der Waals surface area contributed by atoms with E-state index in [1.54, 1.807) is 12.1 Å². The normalized spacial score (nSPS) is 17.3. The summed E-state index contributed by atoms with van der Waals surface area (Å²) in [6, 6.07) is 7.19. The van der Waals surface area contributed by atoms with E-state index in [-0.39, 0.29) is 24.4 Å². The van der Waals surface area contributed by atoms with E-state index < -0.39 is 0 Å². The largest absolute Gasteiger partial charge is 0.352 e. The lowest BCUT2D eigenvalue weighted by Crippen LogP contribution is -2.38. The molecule has 1 fully saturated rings. The molecule has 1 heterocycles. The molecule has 1 saturated heterocycles. The van der Waals surface area contributed by atoms with Gasteiger partial charge < -0.3 is 21.3 Å². The summed E-state index contributed by atoms with van der Waals surface area (Å²) in [6.45, 7) is 2.08. The standard InChI is InChI=1S/C14H19BrN4O2/c15-10-1-3-11(4-2-10)19-14(21)17-8-6-13(20)18-12-5-7-16-9-12/h1-4,12,16H,5-9H2,(H,18,20)(H2,17,19,21). The molecule has 1 unspecified atom stereocenters. The molecule has 0 radical (unpaired) electrons. The highest BCUT2D eigenvalue weighted by atomic mass is 79.9. The van der Waals surface area contributed by atoms with Crippen molar-refractivity contribution in [2.75, 3.05) is 25.0 Å². The minimum atomic E-state index is -0.312. The first kappa shape index (κ1) is 15.8. The number of benzene rings is 1. The molecule has 1 atom stereocenters. The van der Waals surface area contributed by atoms with Gasteiger partial charge in [-0.3, -0.25) is 4.79 Å². The van der Waals surface area contributed by atoms with Crippen LogP contribution in [0.5, 0.6) is 0 Å². The summed E-state index contributed by atoms with van der Waals surface area (Å²) in [6.07, 6.45) is 1.24. The van der Waals surface area contributed by atoms with Crippen molar-refractivity contribution in [1.82, 2.24) is 16.0 Å². The van der Waals surface area contributed by atoms with E-state index in [0.29, 0.717) is 12.2 Å². The van der Waals surface area contributed by atoms with Gasteiger partial charge in [0.1, 0.15) is 0 Å². The SMILES string of the molecule is O=C(CCNC(=O)Nc1ccc(Br)cc1)NC1CCNC1. The topological polar surface area (TPSA) is 82.3 Å². The molecule has 7 heteroatoms. The van der Waals surface area contributed by atoms with Gasteiger partial charge in [0.25, 0.3) is 0 Å². The maximum absolute atomic E-state index is 11.7. The van der Waals surface area contributed by atoms with E-state index in [1.807, 2.05) is 12.1 Å². The van der Waals surface area contributed by atoms with E-state index >= 15 is 0 Å². The monoisotopic (exact) mass is 354 g/mol. The van der Waals surface area contributed by atoms with Gasteiger partial charge in [-0.25, -0.2) is 4.79 Å². The first-order valence-corrected chi connectivity index (χ1v) is 7.73. The molecule has 0 bridgehead atoms. The maximum Gasteiger partial charge on any atom is 0.319 e. The maximum atomic E-state index is 11.7. The van der Waals surface area contributed by atoms with E-state index in [9.17, 15) is 9.59 Å². The minimum Gasteiger partial charge on any atom is -0.352 e. The summed E-state index contributed by atoms with van der Waals surface area (Å²) in [5, 5.41) is 11.5. The average molecular weight is 355 g/mol. The summed E-state index contributed by atoms with van der Waals surface area (Å²) in [4.78, 5) is 23.3. The lowest BCUT2D eigenvalue weighted by atomic mass is 10.2. The highest BCUT2D eigenvalue weighted by molar-refractivity contribution is 9.10. The number of hydrogen-bond donors (Lipinski definition) is 4. The average Bonchev–Trinajstić information content (AvgIpc) is 2.94. The number of carbonyl (C=O) groups is 2. The zero-order valence-corrected chi connectivity index (χ0v) is 13.2. The zero-order valence-electron chi connectivity index (χ0n) is 11.6. The lowest BCUT2D eigenvalue weighted by molar-refractivity contribution is -0.121. The van der Waals surface area contributed by atoms with Crippen molar-refractivity contribution < 1.29 is 9.59 Å². The number of urea groups is 1. The van der Waals surface area contributed by atoms with E-state index in [0.717, 1.165) is 24.0 Å². The first-order chi connectivity index (χ1) is 10.1. The third kappa shape index (κ3) is 5.73. The van der Waals surface area contributed by atoms with E-state index in [4.69, 9.17) is 0 Å². The molecular formula is C14H19BrN4O2. The van der Waals surface area contributed by atoms with Crippen LogP contribution in [0.1, 0.15) is 12.8 Å². The second kappa shape index (κ2) is 7.99. The molecule has 3 amide bonds. The molecular weight excluding hydrogens is 336 g/mol. The van der Waals surface area contributed by atoms with Crippen LogP contribution in [0.3, 0.4) is 0 Å². The number of rotatable bonds is 5. The summed E-state index contributed by atoms with van der Waals surface area (Å²) in [5.74, 6) is -0.0346. The van der Waals surface area contributed by atoms with E-state index in [2.05, 4.69) is 37.2 Å². The molecule has 4 N–H and O–H groups in total. The third-order valence-electron chi connectivity index (χ3n) is 3.17. The van der Waals surface area contributed by atoms with Crippen LogP contribution in [0.15, 0.2) is 28.7 Å². The number of carbonyl (C=O) groups excluding carboxylic acids is 2. The molecule has 0 saturated carbocycles. The molecule has 1 aromatic carbocycles. The summed E-state index contributed by atoms with van der Waals surface area (Å²) in [7, 11) is 0. The fraction of sp³-hybridized carbons (Fsp3) is 0.429. The molecule has 114 valence electrons. The van der Waals surface area contributed by atoms with Crippen LogP contribution in [0.25, 0.3) is 0 Å². The fourth-order valence-electron chi connectivity index (χ4n) is 2.08. The van der Waals surface area contributed by atoms with Gasteiger partial charge in [0.05, 0.1) is 0 Å². The van der Waals surface area contributed by atoms with Crippen molar-refractivity contribution in [1.29, 1.82) is 0 Å². The van der Waals surface area contributed by atoms with Crippen LogP contribution in [0.4, 0.5) is 10.5 Å². The Bertz CT molecular complexity index is 486. The Morgan fingerprint density at radius 1 is 1.29 bits per heavy atom. The molecule has 1 aliphatic heterocycles. The Kier molecular flexibility index (Phi) is 6.01. The number of anilines is 1. The second-order valence-electron chi connectivity index (χ2n) is 4.90. The number of nitrogens with one attached hydrogen (secondary N) is 4. The quantitative estimate of drug-likeness (QED) is 0.645. The van der Waals surface area contributed by atoms with Gasteiger partial charge in [-0.15, -0.1) is 0 Å². The number of halogens is 1. The Balaban J connectivity index is 1.62. The lowest BCUT2D eigenvalue weighted by Gasteiger charge is -2.11.